The van der Waals surface area contributed by atoms with Crippen LogP contribution in [-0.4, -0.2) is 52.9 Å². The summed E-state index contributed by atoms with van der Waals surface area (Å²) in [4.78, 5) is 16.2. The number of alkyl halides is 3. The van der Waals surface area contributed by atoms with Gasteiger partial charge in [0, 0.05) is 23.1 Å². The number of benzene rings is 2. The van der Waals surface area contributed by atoms with Gasteiger partial charge in [0.25, 0.3) is 5.91 Å². The molecule has 184 valence electrons. The van der Waals surface area contributed by atoms with Crippen LogP contribution in [0.25, 0.3) is 0 Å². The zero-order valence-corrected chi connectivity index (χ0v) is 19.7. The van der Waals surface area contributed by atoms with Crippen molar-refractivity contribution in [2.75, 3.05) is 31.5 Å². The first-order valence-electron chi connectivity index (χ1n) is 11.6. The molecule has 2 atom stereocenters. The number of fused-ring (bicyclic) bond motifs is 1. The maximum atomic E-state index is 14.0. The van der Waals surface area contributed by atoms with Gasteiger partial charge in [-0.15, -0.1) is 0 Å². The van der Waals surface area contributed by atoms with Gasteiger partial charge in [-0.2, -0.15) is 18.3 Å². The highest BCUT2D eigenvalue weighted by Crippen LogP contribution is 2.43. The Kier molecular flexibility index (Phi) is 6.46. The monoisotopic (exact) mass is 504 g/mol. The normalized spacial score (nSPS) is 20.9. The summed E-state index contributed by atoms with van der Waals surface area (Å²) in [7, 11) is 0. The molecule has 2 aliphatic heterocycles. The Morgan fingerprint density at radius 3 is 2.43 bits per heavy atom. The summed E-state index contributed by atoms with van der Waals surface area (Å²) in [6.45, 7) is 3.50. The SMILES string of the molecule is O=C(c1cc2n(n1)[C@H](C(F)(F)F)C[C@H](c1ccc(Cl)cc1)N2)N1CC[NH+](Cc2ccccc2)CC1. The van der Waals surface area contributed by atoms with Crippen LogP contribution in [0.3, 0.4) is 0 Å². The van der Waals surface area contributed by atoms with Crippen LogP contribution in [0.1, 0.15) is 40.1 Å². The van der Waals surface area contributed by atoms with E-state index in [2.05, 4.69) is 22.5 Å². The second-order valence-electron chi connectivity index (χ2n) is 9.11. The molecule has 0 spiro atoms. The van der Waals surface area contributed by atoms with Crippen molar-refractivity contribution in [1.82, 2.24) is 14.7 Å². The van der Waals surface area contributed by atoms with E-state index >= 15 is 0 Å². The Bertz CT molecular complexity index is 1170. The van der Waals surface area contributed by atoms with Crippen molar-refractivity contribution in [3.8, 4) is 0 Å². The number of aromatic nitrogens is 2. The summed E-state index contributed by atoms with van der Waals surface area (Å²) in [5.74, 6) is -0.147. The lowest BCUT2D eigenvalue weighted by molar-refractivity contribution is -0.917. The zero-order chi connectivity index (χ0) is 24.6. The van der Waals surface area contributed by atoms with Gasteiger partial charge in [0.2, 0.25) is 0 Å². The van der Waals surface area contributed by atoms with Crippen molar-refractivity contribution < 1.29 is 22.9 Å². The Morgan fingerprint density at radius 1 is 1.09 bits per heavy atom. The summed E-state index contributed by atoms with van der Waals surface area (Å²) in [5, 5.41) is 7.76. The van der Waals surface area contributed by atoms with Gasteiger partial charge in [-0.3, -0.25) is 4.79 Å². The number of carbonyl (C=O) groups excluding carboxylic acids is 1. The van der Waals surface area contributed by atoms with Crippen LogP contribution in [0.15, 0.2) is 60.7 Å². The minimum atomic E-state index is -4.50. The first kappa shape index (κ1) is 23.7. The number of quaternary nitrogens is 1. The van der Waals surface area contributed by atoms with Crippen LogP contribution in [0.4, 0.5) is 19.0 Å². The van der Waals surface area contributed by atoms with Crippen LogP contribution in [0, 0.1) is 0 Å². The highest BCUT2D eigenvalue weighted by Gasteiger charge is 2.47. The van der Waals surface area contributed by atoms with E-state index in [9.17, 15) is 18.0 Å². The predicted octanol–water partition coefficient (Wildman–Crippen LogP) is 3.74. The summed E-state index contributed by atoms with van der Waals surface area (Å²) < 4.78 is 42.8. The average molecular weight is 505 g/mol. The molecule has 5 rings (SSSR count). The van der Waals surface area contributed by atoms with E-state index in [1.165, 1.54) is 16.5 Å². The summed E-state index contributed by atoms with van der Waals surface area (Å²) in [6, 6.07) is 15.9. The molecule has 6 nitrogen and oxygen atoms in total. The molecule has 1 fully saturated rings. The zero-order valence-electron chi connectivity index (χ0n) is 18.9. The van der Waals surface area contributed by atoms with Gasteiger partial charge in [0.1, 0.15) is 12.4 Å². The van der Waals surface area contributed by atoms with E-state index in [1.807, 2.05) is 18.2 Å². The molecule has 0 radical (unpaired) electrons. The molecule has 2 aliphatic rings. The fourth-order valence-electron chi connectivity index (χ4n) is 4.84. The maximum Gasteiger partial charge on any atom is 0.410 e. The highest BCUT2D eigenvalue weighted by atomic mass is 35.5. The number of piperazine rings is 1. The molecule has 0 unspecified atom stereocenters. The average Bonchev–Trinajstić information content (AvgIpc) is 3.28. The minimum absolute atomic E-state index is 0.0324. The number of hydrogen-bond donors (Lipinski definition) is 2. The number of rotatable bonds is 4. The Morgan fingerprint density at radius 2 is 1.77 bits per heavy atom. The molecule has 3 aromatic rings. The van der Waals surface area contributed by atoms with Crippen LogP contribution in [-0.2, 0) is 6.54 Å². The number of carbonyl (C=O) groups is 1. The molecule has 1 amide bonds. The van der Waals surface area contributed by atoms with Gasteiger partial charge in [-0.05, 0) is 17.7 Å². The van der Waals surface area contributed by atoms with Crippen molar-refractivity contribution in [3.63, 3.8) is 0 Å². The molecular weight excluding hydrogens is 479 g/mol. The molecule has 0 saturated carbocycles. The Balaban J connectivity index is 1.30. The van der Waals surface area contributed by atoms with Crippen molar-refractivity contribution in [2.24, 2.45) is 0 Å². The first-order valence-corrected chi connectivity index (χ1v) is 12.0. The molecule has 1 saturated heterocycles. The molecule has 2 aromatic carbocycles. The van der Waals surface area contributed by atoms with E-state index in [-0.39, 0.29) is 23.8 Å². The minimum Gasteiger partial charge on any atom is -0.363 e. The van der Waals surface area contributed by atoms with Gasteiger partial charge >= 0.3 is 6.18 Å². The number of anilines is 1. The molecule has 10 heteroatoms. The largest absolute Gasteiger partial charge is 0.410 e. The van der Waals surface area contributed by atoms with Gasteiger partial charge in [0.15, 0.2) is 11.7 Å². The number of halogens is 4. The molecule has 0 aliphatic carbocycles. The van der Waals surface area contributed by atoms with Crippen molar-refractivity contribution >= 4 is 23.3 Å². The van der Waals surface area contributed by atoms with Crippen LogP contribution >= 0.6 is 11.6 Å². The fraction of sp³-hybridized carbons (Fsp3) is 0.360. The molecule has 0 bridgehead atoms. The lowest BCUT2D eigenvalue weighted by atomic mass is 9.97. The summed E-state index contributed by atoms with van der Waals surface area (Å²) in [5.41, 5.74) is 1.97. The lowest BCUT2D eigenvalue weighted by Gasteiger charge is -2.33. The smallest absolute Gasteiger partial charge is 0.363 e. The standard InChI is InChI=1S/C25H25ClF3N5O/c26-19-8-6-18(7-9-19)20-14-22(25(27,28)29)34-23(30-20)15-21(31-34)24(35)33-12-10-32(11-13-33)16-17-4-2-1-3-5-17/h1-9,15,20,22,30H,10-14,16H2/p+1/t20-,22+/m1/s1. The molecule has 1 aromatic heterocycles. The van der Waals surface area contributed by atoms with Gasteiger partial charge in [0.05, 0.1) is 32.2 Å². The van der Waals surface area contributed by atoms with Crippen LogP contribution < -0.4 is 10.2 Å². The second-order valence-corrected chi connectivity index (χ2v) is 9.54. The van der Waals surface area contributed by atoms with E-state index in [4.69, 9.17) is 11.6 Å². The first-order chi connectivity index (χ1) is 16.8. The topological polar surface area (TPSA) is 54.6 Å². The number of amides is 1. The maximum absolute atomic E-state index is 14.0. The number of nitrogens with zero attached hydrogens (tertiary/aromatic N) is 3. The second kappa shape index (κ2) is 9.54. The van der Waals surface area contributed by atoms with E-state index < -0.39 is 18.3 Å². The van der Waals surface area contributed by atoms with E-state index in [1.54, 1.807) is 29.2 Å². The van der Waals surface area contributed by atoms with Crippen molar-refractivity contribution in [3.05, 3.63) is 82.5 Å². The van der Waals surface area contributed by atoms with Crippen molar-refractivity contribution in [1.29, 1.82) is 0 Å². The fourth-order valence-corrected chi connectivity index (χ4v) is 4.97. The third kappa shape index (κ3) is 5.16. The van der Waals surface area contributed by atoms with Crippen LogP contribution in [0.2, 0.25) is 5.02 Å². The van der Waals surface area contributed by atoms with Gasteiger partial charge in [-0.1, -0.05) is 54.1 Å². The quantitative estimate of drug-likeness (QED) is 0.569. The van der Waals surface area contributed by atoms with Crippen LogP contribution in [0.5, 0.6) is 0 Å². The lowest BCUT2D eigenvalue weighted by Crippen LogP contribution is -3.13. The van der Waals surface area contributed by atoms with Crippen molar-refractivity contribution in [2.45, 2.75) is 31.2 Å². The van der Waals surface area contributed by atoms with E-state index in [0.29, 0.717) is 23.7 Å². The molecule has 35 heavy (non-hydrogen) atoms. The molecular formula is C25H26ClF3N5O+. The Labute approximate surface area is 206 Å². The van der Waals surface area contributed by atoms with E-state index in [0.717, 1.165) is 24.3 Å². The number of hydrogen-bond acceptors (Lipinski definition) is 3. The number of nitrogens with one attached hydrogen (secondary N) is 2. The summed E-state index contributed by atoms with van der Waals surface area (Å²) in [6.07, 6.45) is -4.73. The summed E-state index contributed by atoms with van der Waals surface area (Å²) >= 11 is 5.94. The van der Waals surface area contributed by atoms with Gasteiger partial charge in [-0.25, -0.2) is 4.68 Å². The third-order valence-electron chi connectivity index (χ3n) is 6.74. The third-order valence-corrected chi connectivity index (χ3v) is 6.99. The predicted molar refractivity (Wildman–Crippen MR) is 126 cm³/mol. The van der Waals surface area contributed by atoms with Gasteiger partial charge < -0.3 is 15.1 Å². The molecule has 3 heterocycles. The Hall–Kier alpha value is -3.04. The molecule has 2 N–H and O–H groups in total. The highest BCUT2D eigenvalue weighted by molar-refractivity contribution is 6.30.